The molecule has 1 aromatic heterocycles. The second kappa shape index (κ2) is 7.34. The van der Waals surface area contributed by atoms with E-state index >= 15 is 0 Å². The second-order valence-electron chi connectivity index (χ2n) is 6.43. The zero-order valence-electron chi connectivity index (χ0n) is 13.7. The summed E-state index contributed by atoms with van der Waals surface area (Å²) in [4.78, 5) is 25.3. The van der Waals surface area contributed by atoms with Gasteiger partial charge in [-0.05, 0) is 48.6 Å². The predicted octanol–water partition coefficient (Wildman–Crippen LogP) is 2.13. The highest BCUT2D eigenvalue weighted by Gasteiger charge is 2.23. The van der Waals surface area contributed by atoms with Gasteiger partial charge in [0.1, 0.15) is 0 Å². The summed E-state index contributed by atoms with van der Waals surface area (Å²) in [5, 5.41) is 0. The van der Waals surface area contributed by atoms with Gasteiger partial charge in [0, 0.05) is 37.6 Å². The van der Waals surface area contributed by atoms with Gasteiger partial charge in [-0.1, -0.05) is 12.1 Å². The van der Waals surface area contributed by atoms with Gasteiger partial charge in [0.2, 0.25) is 11.8 Å². The Kier molecular flexibility index (Phi) is 4.99. The fourth-order valence-electron chi connectivity index (χ4n) is 3.25. The Balaban J connectivity index is 1.53. The van der Waals surface area contributed by atoms with Gasteiger partial charge >= 0.3 is 0 Å². The summed E-state index contributed by atoms with van der Waals surface area (Å²) in [5.74, 6) is 0.233. The number of nitrogens with two attached hydrogens (primary N) is 1. The van der Waals surface area contributed by atoms with Crippen LogP contribution in [0.1, 0.15) is 24.8 Å². The van der Waals surface area contributed by atoms with Crippen LogP contribution in [0.5, 0.6) is 0 Å². The highest BCUT2D eigenvalue weighted by Crippen LogP contribution is 2.21. The van der Waals surface area contributed by atoms with Gasteiger partial charge in [-0.3, -0.25) is 9.59 Å². The van der Waals surface area contributed by atoms with Gasteiger partial charge in [0.15, 0.2) is 0 Å². The van der Waals surface area contributed by atoms with E-state index in [2.05, 4.69) is 0 Å². The maximum Gasteiger partial charge on any atom is 0.226 e. The van der Waals surface area contributed by atoms with Crippen molar-refractivity contribution in [1.82, 2.24) is 9.47 Å². The first-order valence-electron chi connectivity index (χ1n) is 8.40. The summed E-state index contributed by atoms with van der Waals surface area (Å²) in [6.07, 6.45) is 6.57. The molecule has 0 atom stereocenters. The van der Waals surface area contributed by atoms with Gasteiger partial charge in [-0.2, -0.15) is 0 Å². The minimum atomic E-state index is -0.248. The number of hydrogen-bond donors (Lipinski definition) is 1. The maximum atomic E-state index is 12.4. The number of amides is 2. The van der Waals surface area contributed by atoms with Gasteiger partial charge in [-0.25, -0.2) is 0 Å². The van der Waals surface area contributed by atoms with Crippen molar-refractivity contribution >= 4 is 11.8 Å². The first-order chi connectivity index (χ1) is 11.6. The topological polar surface area (TPSA) is 68.3 Å². The lowest BCUT2D eigenvalue weighted by Gasteiger charge is -2.31. The summed E-state index contributed by atoms with van der Waals surface area (Å²) >= 11 is 0. The number of rotatable bonds is 5. The van der Waals surface area contributed by atoms with Crippen LogP contribution in [-0.2, 0) is 16.0 Å². The first kappa shape index (κ1) is 16.3. The fourth-order valence-corrected chi connectivity index (χ4v) is 3.25. The van der Waals surface area contributed by atoms with Crippen molar-refractivity contribution < 1.29 is 9.59 Å². The molecule has 24 heavy (non-hydrogen) atoms. The molecule has 0 spiro atoms. The zero-order chi connectivity index (χ0) is 16.9. The van der Waals surface area contributed by atoms with Crippen LogP contribution in [0.15, 0.2) is 48.8 Å². The lowest BCUT2D eigenvalue weighted by atomic mass is 9.93. The van der Waals surface area contributed by atoms with Crippen LogP contribution in [0, 0.1) is 5.92 Å². The lowest BCUT2D eigenvalue weighted by molar-refractivity contribution is -0.131. The summed E-state index contributed by atoms with van der Waals surface area (Å²) in [7, 11) is 0. The number of likely N-dealkylation sites (tertiary alicyclic amines) is 1. The zero-order valence-corrected chi connectivity index (χ0v) is 13.7. The highest BCUT2D eigenvalue weighted by atomic mass is 16.2. The van der Waals surface area contributed by atoms with Crippen LogP contribution in [0.3, 0.4) is 0 Å². The van der Waals surface area contributed by atoms with Crippen LogP contribution in [-0.4, -0.2) is 34.4 Å². The van der Waals surface area contributed by atoms with Gasteiger partial charge in [0.05, 0.1) is 6.42 Å². The molecular formula is C19H23N3O2. The van der Waals surface area contributed by atoms with E-state index in [4.69, 9.17) is 5.73 Å². The van der Waals surface area contributed by atoms with E-state index in [1.165, 1.54) is 0 Å². The minimum absolute atomic E-state index is 0.154. The van der Waals surface area contributed by atoms with Crippen molar-refractivity contribution in [3.05, 3.63) is 54.4 Å². The molecule has 1 saturated heterocycles. The number of carbonyl (C=O) groups excluding carboxylic acids is 2. The maximum absolute atomic E-state index is 12.4. The standard InChI is InChI=1S/C19H23N3O2/c20-18(23)13-16-7-11-22(12-8-16)19(24)14-15-3-5-17(6-4-15)21-9-1-2-10-21/h1-6,9-10,16H,7-8,11-14H2,(H2,20,23). The molecule has 1 aliphatic rings. The molecule has 1 fully saturated rings. The Hall–Kier alpha value is -2.56. The molecular weight excluding hydrogens is 302 g/mol. The fraction of sp³-hybridized carbons (Fsp3) is 0.368. The van der Waals surface area contributed by atoms with E-state index in [-0.39, 0.29) is 11.8 Å². The number of hydrogen-bond acceptors (Lipinski definition) is 2. The Morgan fingerprint density at radius 3 is 2.25 bits per heavy atom. The minimum Gasteiger partial charge on any atom is -0.370 e. The van der Waals surface area contributed by atoms with Crippen molar-refractivity contribution in [3.63, 3.8) is 0 Å². The third-order valence-corrected chi connectivity index (χ3v) is 4.65. The van der Waals surface area contributed by atoms with E-state index in [9.17, 15) is 9.59 Å². The van der Waals surface area contributed by atoms with Crippen LogP contribution in [0.2, 0.25) is 0 Å². The summed E-state index contributed by atoms with van der Waals surface area (Å²) in [5.41, 5.74) is 7.36. The average molecular weight is 325 g/mol. The molecule has 0 aliphatic carbocycles. The number of benzene rings is 1. The van der Waals surface area contributed by atoms with Crippen molar-refractivity contribution in [1.29, 1.82) is 0 Å². The van der Waals surface area contributed by atoms with E-state index < -0.39 is 0 Å². The molecule has 2 aromatic rings. The van der Waals surface area contributed by atoms with Crippen LogP contribution in [0.25, 0.3) is 5.69 Å². The molecule has 1 aliphatic heterocycles. The van der Waals surface area contributed by atoms with Crippen LogP contribution < -0.4 is 5.73 Å². The lowest BCUT2D eigenvalue weighted by Crippen LogP contribution is -2.40. The Labute approximate surface area is 142 Å². The third-order valence-electron chi connectivity index (χ3n) is 4.65. The van der Waals surface area contributed by atoms with Gasteiger partial charge in [0.25, 0.3) is 0 Å². The molecule has 2 amide bonds. The largest absolute Gasteiger partial charge is 0.370 e. The number of nitrogens with zero attached hydrogens (tertiary/aromatic N) is 2. The predicted molar refractivity (Wildman–Crippen MR) is 92.6 cm³/mol. The van der Waals surface area contributed by atoms with Crippen LogP contribution in [0.4, 0.5) is 0 Å². The smallest absolute Gasteiger partial charge is 0.226 e. The SMILES string of the molecule is NC(=O)CC1CCN(C(=O)Cc2ccc(-n3cccc3)cc2)CC1. The quantitative estimate of drug-likeness (QED) is 0.915. The molecule has 2 N–H and O–H groups in total. The average Bonchev–Trinajstić information content (AvgIpc) is 3.10. The molecule has 5 nitrogen and oxygen atoms in total. The normalized spacial score (nSPS) is 15.4. The number of primary amides is 1. The van der Waals surface area contributed by atoms with E-state index in [0.29, 0.717) is 18.8 Å². The van der Waals surface area contributed by atoms with E-state index in [1.54, 1.807) is 0 Å². The van der Waals surface area contributed by atoms with E-state index in [0.717, 1.165) is 37.2 Å². The number of piperidine rings is 1. The van der Waals surface area contributed by atoms with Gasteiger partial charge in [-0.15, -0.1) is 0 Å². The molecule has 0 bridgehead atoms. The molecule has 1 aromatic carbocycles. The molecule has 0 saturated carbocycles. The Morgan fingerprint density at radius 1 is 1.04 bits per heavy atom. The monoisotopic (exact) mass is 325 g/mol. The Bertz CT molecular complexity index is 684. The summed E-state index contributed by atoms with van der Waals surface area (Å²) < 4.78 is 2.04. The second-order valence-corrected chi connectivity index (χ2v) is 6.43. The molecule has 5 heteroatoms. The third kappa shape index (κ3) is 4.04. The first-order valence-corrected chi connectivity index (χ1v) is 8.40. The molecule has 0 radical (unpaired) electrons. The molecule has 2 heterocycles. The molecule has 0 unspecified atom stereocenters. The van der Waals surface area contributed by atoms with Crippen molar-refractivity contribution in [2.24, 2.45) is 11.7 Å². The van der Waals surface area contributed by atoms with E-state index in [1.807, 2.05) is 58.3 Å². The van der Waals surface area contributed by atoms with Gasteiger partial charge < -0.3 is 15.2 Å². The number of carbonyl (C=O) groups is 2. The van der Waals surface area contributed by atoms with Crippen molar-refractivity contribution in [3.8, 4) is 5.69 Å². The summed E-state index contributed by atoms with van der Waals surface area (Å²) in [6.45, 7) is 1.44. The summed E-state index contributed by atoms with van der Waals surface area (Å²) in [6, 6.07) is 12.0. The van der Waals surface area contributed by atoms with Crippen LogP contribution >= 0.6 is 0 Å². The van der Waals surface area contributed by atoms with Crippen molar-refractivity contribution in [2.75, 3.05) is 13.1 Å². The number of aromatic nitrogens is 1. The Morgan fingerprint density at radius 2 is 1.67 bits per heavy atom. The highest BCUT2D eigenvalue weighted by molar-refractivity contribution is 5.79. The van der Waals surface area contributed by atoms with Crippen molar-refractivity contribution in [2.45, 2.75) is 25.7 Å². The molecule has 3 rings (SSSR count). The molecule has 126 valence electrons.